The minimum atomic E-state index is -4.31. The molecule has 0 saturated heterocycles. The molecule has 6 aromatic rings. The normalized spacial score (nSPS) is 16.4. The Morgan fingerprint density at radius 2 is 0.571 bits per heavy atom. The van der Waals surface area contributed by atoms with E-state index >= 15 is 0 Å². The molecule has 2 aliphatic carbocycles. The van der Waals surface area contributed by atoms with Gasteiger partial charge < -0.3 is 0 Å². The fraction of sp³-hybridized carbons (Fsp3) is 0.394. The molecule has 0 fully saturated rings. The number of hydrogen-bond acceptors (Lipinski definition) is 0. The van der Waals surface area contributed by atoms with Gasteiger partial charge in [0.1, 0.15) is 0 Å². The van der Waals surface area contributed by atoms with E-state index in [1.807, 2.05) is 0 Å². The molecule has 70 heavy (non-hydrogen) atoms. The molecule has 2 unspecified atom stereocenters. The van der Waals surface area contributed by atoms with Crippen molar-refractivity contribution >= 4 is 43.8 Å². The van der Waals surface area contributed by atoms with Crippen LogP contribution in [0.4, 0.5) is 0 Å². The fourth-order valence-electron chi connectivity index (χ4n) is 11.9. The van der Waals surface area contributed by atoms with Crippen molar-refractivity contribution in [3.8, 4) is 44.5 Å². The Morgan fingerprint density at radius 3 is 0.786 bits per heavy atom. The largest absolute Gasteiger partial charge is 0.147 e. The summed E-state index contributed by atoms with van der Waals surface area (Å²) in [5, 5.41) is 0. The van der Waals surface area contributed by atoms with Gasteiger partial charge in [-0.3, -0.25) is 0 Å². The second-order valence-electron chi connectivity index (χ2n) is 26.7. The predicted octanol–water partition coefficient (Wildman–Crippen LogP) is 19.6. The minimum absolute atomic E-state index is 0. The average molecular weight is 1070 g/mol. The van der Waals surface area contributed by atoms with Gasteiger partial charge in [-0.05, 0) is 0 Å². The summed E-state index contributed by atoms with van der Waals surface area (Å²) in [5.41, 5.74) is 25.9. The van der Waals surface area contributed by atoms with Gasteiger partial charge >= 0.3 is 419 Å². The van der Waals surface area contributed by atoms with E-state index < -0.39 is 17.4 Å². The van der Waals surface area contributed by atoms with Gasteiger partial charge in [-0.1, -0.05) is 0 Å². The van der Waals surface area contributed by atoms with Gasteiger partial charge in [0.05, 0.1) is 0 Å². The molecule has 2 atom stereocenters. The zero-order valence-electron chi connectivity index (χ0n) is 46.0. The summed E-state index contributed by atoms with van der Waals surface area (Å²) in [5.74, 6) is 0.781. The van der Waals surface area contributed by atoms with Gasteiger partial charge in [0.25, 0.3) is 0 Å². The molecule has 0 heterocycles. The van der Waals surface area contributed by atoms with Gasteiger partial charge in [-0.2, -0.15) is 0 Å². The Labute approximate surface area is 440 Å². The van der Waals surface area contributed by atoms with Crippen molar-refractivity contribution in [3.05, 3.63) is 177 Å². The zero-order valence-corrected chi connectivity index (χ0v) is 51.5. The molecule has 2 aliphatic rings. The van der Waals surface area contributed by atoms with E-state index in [-0.39, 0.29) is 46.5 Å². The number of rotatable bonds is 8. The van der Waals surface area contributed by atoms with Crippen molar-refractivity contribution in [1.82, 2.24) is 0 Å². The molecular weight excluding hydrogens is 983 g/mol. The third-order valence-electron chi connectivity index (χ3n) is 15.9. The predicted molar refractivity (Wildman–Crippen MR) is 315 cm³/mol. The Morgan fingerprint density at radius 1 is 0.357 bits per heavy atom. The molecule has 6 aromatic carbocycles. The molecule has 0 radical (unpaired) electrons. The molecule has 370 valence electrons. The number of fused-ring (bicyclic) bond motifs is 2. The van der Waals surface area contributed by atoms with E-state index in [9.17, 15) is 0 Å². The first-order valence-electron chi connectivity index (χ1n) is 25.7. The Kier molecular flexibility index (Phi) is 15.5. The van der Waals surface area contributed by atoms with Crippen LogP contribution < -0.4 is 0 Å². The molecule has 8 rings (SSSR count). The van der Waals surface area contributed by atoms with Crippen LogP contribution in [-0.2, 0) is 39.1 Å². The second-order valence-corrected chi connectivity index (χ2v) is 57.2. The van der Waals surface area contributed by atoms with Crippen molar-refractivity contribution in [2.24, 2.45) is 11.8 Å². The molecule has 0 aromatic heterocycles. The van der Waals surface area contributed by atoms with Gasteiger partial charge in [-0.15, -0.1) is 24.8 Å². The smallest absolute Gasteiger partial charge is 0.147 e. The molecule has 0 N–H and O–H groups in total. The Balaban J connectivity index is 0.00000402. The summed E-state index contributed by atoms with van der Waals surface area (Å²) in [6.07, 6.45) is 5.37. The first-order valence-corrected chi connectivity index (χ1v) is 39.4. The molecule has 0 spiro atoms. The van der Waals surface area contributed by atoms with Crippen LogP contribution >= 0.6 is 24.8 Å². The van der Waals surface area contributed by atoms with Crippen LogP contribution in [0.1, 0.15) is 163 Å². The molecule has 0 amide bonds. The fourth-order valence-corrected chi connectivity index (χ4v) is 31.5. The van der Waals surface area contributed by atoms with E-state index in [2.05, 4.69) is 260 Å². The third kappa shape index (κ3) is 10.3. The standard InChI is InChI=1S/2C32H37.2CH3.2ClH.H2Si.Zr/c2*1-21(2)24-19-29-27(22-9-13-25(14-10-22)31(3,4)5)17-18-28(30(29)20-24)23-11-15-26(16-12-23)32(6,7)8;;;;;;/h2*9-21H,1-8H3;2*1H3;2*1H;1H2;. The van der Waals surface area contributed by atoms with E-state index in [4.69, 9.17) is 0 Å². The SMILES string of the molecule is CC(C)C1=Cc2c(-c3ccc(C(C)(C)C)cc3)ccc(-c3ccc(C(C)(C)C)cc3)c2[CH]1[Zr]([CH3])([CH3])(=[SiH2])[CH]1C(C(C)C)=Cc2c(-c3ccc(C(C)(C)C)cc3)ccc(-c3ccc(C(C)(C)C)cc3)c21.Cl.Cl. The van der Waals surface area contributed by atoms with Crippen LogP contribution in [0.2, 0.25) is 9.26 Å². The molecule has 0 bridgehead atoms. The van der Waals surface area contributed by atoms with Crippen LogP contribution in [-0.4, -0.2) is 6.88 Å². The third-order valence-corrected chi connectivity index (χ3v) is 33.1. The summed E-state index contributed by atoms with van der Waals surface area (Å²) in [7, 11) is 0. The van der Waals surface area contributed by atoms with Crippen LogP contribution in [0.5, 0.6) is 0 Å². The first-order chi connectivity index (χ1) is 31.5. The van der Waals surface area contributed by atoms with Crippen molar-refractivity contribution in [2.75, 3.05) is 0 Å². The summed E-state index contributed by atoms with van der Waals surface area (Å²) < 4.78 is 6.39. The topological polar surface area (TPSA) is 0 Å². The van der Waals surface area contributed by atoms with Crippen LogP contribution in [0.25, 0.3) is 56.7 Å². The molecular formula is C66H84Cl2SiZr. The van der Waals surface area contributed by atoms with E-state index in [0.29, 0.717) is 19.1 Å². The van der Waals surface area contributed by atoms with Crippen LogP contribution in [0.3, 0.4) is 0 Å². The van der Waals surface area contributed by atoms with Crippen LogP contribution in [0, 0.1) is 11.8 Å². The minimum Gasteiger partial charge on any atom is -0.147 e. The number of hydrogen-bond donors (Lipinski definition) is 0. The molecule has 0 saturated carbocycles. The van der Waals surface area contributed by atoms with Crippen molar-refractivity contribution in [1.29, 1.82) is 0 Å². The van der Waals surface area contributed by atoms with Crippen LogP contribution in [0.15, 0.2) is 132 Å². The van der Waals surface area contributed by atoms with Crippen molar-refractivity contribution in [2.45, 2.75) is 149 Å². The maximum Gasteiger partial charge on any atom is -0.147 e. The average Bonchev–Trinajstić information content (AvgIpc) is 3.88. The van der Waals surface area contributed by atoms with Crippen molar-refractivity contribution in [3.63, 3.8) is 0 Å². The van der Waals surface area contributed by atoms with E-state index in [1.165, 1.54) is 77.9 Å². The number of benzene rings is 6. The van der Waals surface area contributed by atoms with Gasteiger partial charge in [0.2, 0.25) is 0 Å². The quantitative estimate of drug-likeness (QED) is 0.133. The summed E-state index contributed by atoms with van der Waals surface area (Å²) in [4.78, 5) is 0. The van der Waals surface area contributed by atoms with E-state index in [1.54, 1.807) is 22.3 Å². The summed E-state index contributed by atoms with van der Waals surface area (Å²) in [6.45, 7) is 40.2. The monoisotopic (exact) mass is 1060 g/mol. The maximum absolute atomic E-state index is 4.31. The Hall–Kier alpha value is -3.52. The second kappa shape index (κ2) is 19.4. The number of allylic oxidation sites excluding steroid dienone is 2. The first kappa shape index (κ1) is 55.8. The summed E-state index contributed by atoms with van der Waals surface area (Å²) in [6, 6.07) is 48.2. The summed E-state index contributed by atoms with van der Waals surface area (Å²) >= 11 is -4.31. The van der Waals surface area contributed by atoms with E-state index in [0.717, 1.165) is 0 Å². The Bertz CT molecular complexity index is 2810. The number of halogens is 2. The van der Waals surface area contributed by atoms with Crippen molar-refractivity contribution < 1.29 is 17.4 Å². The molecule has 4 heteroatoms. The van der Waals surface area contributed by atoms with Gasteiger partial charge in [-0.25, -0.2) is 0 Å². The zero-order chi connectivity index (χ0) is 49.7. The molecule has 0 nitrogen and oxygen atoms in total. The van der Waals surface area contributed by atoms with Gasteiger partial charge in [0, 0.05) is 0 Å². The molecule has 0 aliphatic heterocycles. The maximum atomic E-state index is 2.86. The van der Waals surface area contributed by atoms with Gasteiger partial charge in [0.15, 0.2) is 0 Å².